The zero-order valence-electron chi connectivity index (χ0n) is 11.8. The van der Waals surface area contributed by atoms with Gasteiger partial charge in [-0.1, -0.05) is 53.1 Å². The van der Waals surface area contributed by atoms with Crippen LogP contribution in [0.25, 0.3) is 5.70 Å². The first-order valence-corrected chi connectivity index (χ1v) is 7.38. The van der Waals surface area contributed by atoms with E-state index in [4.69, 9.17) is 11.6 Å². The molecule has 0 saturated heterocycles. The Morgan fingerprint density at radius 2 is 1.91 bits per heavy atom. The Balaban J connectivity index is 1.89. The van der Waals surface area contributed by atoms with E-state index in [9.17, 15) is 4.39 Å². The van der Waals surface area contributed by atoms with Crippen molar-refractivity contribution in [3.8, 4) is 0 Å². The predicted molar refractivity (Wildman–Crippen MR) is 85.4 cm³/mol. The molecule has 0 bridgehead atoms. The second kappa shape index (κ2) is 5.48. The zero-order valence-corrected chi connectivity index (χ0v) is 12.6. The van der Waals surface area contributed by atoms with E-state index >= 15 is 0 Å². The molecule has 2 heterocycles. The summed E-state index contributed by atoms with van der Waals surface area (Å²) in [6, 6.07) is 13.8. The second-order valence-electron chi connectivity index (χ2n) is 5.10. The van der Waals surface area contributed by atoms with E-state index in [1.54, 1.807) is 12.1 Å². The Morgan fingerprint density at radius 3 is 2.70 bits per heavy atom. The van der Waals surface area contributed by atoms with Crippen LogP contribution in [0.2, 0.25) is 5.02 Å². The first-order chi connectivity index (χ1) is 11.2. The molecule has 0 radical (unpaired) electrons. The largest absolute Gasteiger partial charge is 0.323 e. The van der Waals surface area contributed by atoms with Gasteiger partial charge in [0, 0.05) is 16.3 Å². The van der Waals surface area contributed by atoms with Crippen LogP contribution in [-0.4, -0.2) is 20.2 Å². The molecule has 1 aliphatic heterocycles. The normalized spacial score (nSPS) is 16.4. The summed E-state index contributed by atoms with van der Waals surface area (Å²) in [6.07, 6.45) is 1.86. The number of allylic oxidation sites excluding steroid dienone is 1. The fraction of sp³-hybridized carbons (Fsp3) is 0.0625. The van der Waals surface area contributed by atoms with Crippen molar-refractivity contribution in [3.63, 3.8) is 0 Å². The van der Waals surface area contributed by atoms with Crippen LogP contribution < -0.4 is 5.32 Å². The quantitative estimate of drug-likeness (QED) is 0.782. The number of anilines is 1. The van der Waals surface area contributed by atoms with Crippen molar-refractivity contribution >= 4 is 23.2 Å². The minimum absolute atomic E-state index is 0.335. The summed E-state index contributed by atoms with van der Waals surface area (Å²) in [7, 11) is 0. The third-order valence-corrected chi connectivity index (χ3v) is 4.04. The van der Waals surface area contributed by atoms with Crippen LogP contribution in [0, 0.1) is 5.82 Å². The van der Waals surface area contributed by atoms with Gasteiger partial charge in [0.2, 0.25) is 5.95 Å². The minimum Gasteiger partial charge on any atom is -0.323 e. The van der Waals surface area contributed by atoms with Crippen molar-refractivity contribution in [3.05, 3.63) is 76.6 Å². The lowest BCUT2D eigenvalue weighted by Crippen LogP contribution is -2.21. The van der Waals surface area contributed by atoms with Gasteiger partial charge in [-0.05, 0) is 34.2 Å². The first-order valence-electron chi connectivity index (χ1n) is 7.00. The summed E-state index contributed by atoms with van der Waals surface area (Å²) in [5.74, 6) is 0.0465. The fourth-order valence-corrected chi connectivity index (χ4v) is 2.91. The molecule has 1 N–H and O–H groups in total. The molecule has 2 aromatic carbocycles. The maximum Gasteiger partial charge on any atom is 0.248 e. The fourth-order valence-electron chi connectivity index (χ4n) is 2.64. The zero-order chi connectivity index (χ0) is 15.8. The maximum absolute atomic E-state index is 14.3. The lowest BCUT2D eigenvalue weighted by atomic mass is 10.0. The number of tetrazole rings is 1. The summed E-state index contributed by atoms with van der Waals surface area (Å²) in [6.45, 7) is 0. The van der Waals surface area contributed by atoms with Gasteiger partial charge in [0.25, 0.3) is 0 Å². The lowest BCUT2D eigenvalue weighted by molar-refractivity contribution is 0.540. The van der Waals surface area contributed by atoms with Crippen molar-refractivity contribution in [1.29, 1.82) is 0 Å². The molecule has 0 amide bonds. The smallest absolute Gasteiger partial charge is 0.248 e. The van der Waals surface area contributed by atoms with Crippen molar-refractivity contribution in [2.24, 2.45) is 0 Å². The van der Waals surface area contributed by atoms with Crippen LogP contribution in [0.4, 0.5) is 10.3 Å². The molecular formula is C16H11ClFN5. The van der Waals surface area contributed by atoms with Crippen LogP contribution in [-0.2, 0) is 0 Å². The molecule has 0 saturated carbocycles. The third kappa shape index (κ3) is 2.37. The number of aromatic nitrogens is 4. The molecule has 0 aliphatic carbocycles. The van der Waals surface area contributed by atoms with E-state index in [2.05, 4.69) is 20.8 Å². The Kier molecular flexibility index (Phi) is 3.31. The molecule has 1 atom stereocenters. The van der Waals surface area contributed by atoms with Gasteiger partial charge in [-0.25, -0.2) is 4.39 Å². The summed E-state index contributed by atoms with van der Waals surface area (Å²) >= 11 is 6.22. The summed E-state index contributed by atoms with van der Waals surface area (Å²) in [5.41, 5.74) is 2.11. The molecule has 1 aliphatic rings. The van der Waals surface area contributed by atoms with Gasteiger partial charge < -0.3 is 5.32 Å². The minimum atomic E-state index is -0.523. The van der Waals surface area contributed by atoms with Crippen LogP contribution >= 0.6 is 11.6 Å². The molecule has 4 rings (SSSR count). The molecule has 5 nitrogen and oxygen atoms in total. The van der Waals surface area contributed by atoms with Crippen molar-refractivity contribution in [1.82, 2.24) is 20.2 Å². The second-order valence-corrected chi connectivity index (χ2v) is 5.51. The molecule has 114 valence electrons. The number of hydrogen-bond acceptors (Lipinski definition) is 4. The molecule has 7 heteroatoms. The standard InChI is InChI=1S/C16H11ClFN5/c17-11-7-4-8-12(18)15(11)14-9-13(10-5-2-1-3-6-10)19-16-20-21-22-23(14)16/h1-9,14H,(H,19,20,22). The number of hydrogen-bond donors (Lipinski definition) is 1. The van der Waals surface area contributed by atoms with Crippen LogP contribution in [0.1, 0.15) is 17.2 Å². The Morgan fingerprint density at radius 1 is 1.09 bits per heavy atom. The van der Waals surface area contributed by atoms with Crippen molar-refractivity contribution in [2.75, 3.05) is 5.32 Å². The van der Waals surface area contributed by atoms with Gasteiger partial charge in [0.15, 0.2) is 0 Å². The third-order valence-electron chi connectivity index (χ3n) is 3.71. The molecule has 3 aromatic rings. The highest BCUT2D eigenvalue weighted by atomic mass is 35.5. The summed E-state index contributed by atoms with van der Waals surface area (Å²) < 4.78 is 15.9. The van der Waals surface area contributed by atoms with Gasteiger partial charge >= 0.3 is 0 Å². The molecular weight excluding hydrogens is 317 g/mol. The van der Waals surface area contributed by atoms with Gasteiger partial charge in [0.05, 0.1) is 0 Å². The summed E-state index contributed by atoms with van der Waals surface area (Å²) in [5, 5.41) is 15.1. The predicted octanol–water partition coefficient (Wildman–Crippen LogP) is 3.52. The van der Waals surface area contributed by atoms with Crippen molar-refractivity contribution in [2.45, 2.75) is 6.04 Å². The number of halogens is 2. The highest BCUT2D eigenvalue weighted by Gasteiger charge is 2.27. The van der Waals surface area contributed by atoms with Gasteiger partial charge in [0.1, 0.15) is 11.9 Å². The van der Waals surface area contributed by atoms with Gasteiger partial charge in [-0.15, -0.1) is 0 Å². The Labute approximate surface area is 136 Å². The van der Waals surface area contributed by atoms with E-state index < -0.39 is 11.9 Å². The van der Waals surface area contributed by atoms with Crippen molar-refractivity contribution < 1.29 is 4.39 Å². The molecule has 1 aromatic heterocycles. The number of benzene rings is 2. The Bertz CT molecular complexity index is 870. The number of rotatable bonds is 2. The average molecular weight is 328 g/mol. The first kappa shape index (κ1) is 13.9. The van der Waals surface area contributed by atoms with E-state index in [0.717, 1.165) is 11.3 Å². The molecule has 1 unspecified atom stereocenters. The lowest BCUT2D eigenvalue weighted by Gasteiger charge is -2.24. The highest BCUT2D eigenvalue weighted by molar-refractivity contribution is 6.31. The molecule has 0 spiro atoms. The number of nitrogens with zero attached hydrogens (tertiary/aromatic N) is 4. The average Bonchev–Trinajstić information content (AvgIpc) is 3.04. The SMILES string of the molecule is Fc1cccc(Cl)c1C1C=C(c2ccccc2)Nc2nnnn21. The molecule has 23 heavy (non-hydrogen) atoms. The van der Waals surface area contributed by atoms with Crippen LogP contribution in [0.5, 0.6) is 0 Å². The van der Waals surface area contributed by atoms with Crippen LogP contribution in [0.3, 0.4) is 0 Å². The summed E-state index contributed by atoms with van der Waals surface area (Å²) in [4.78, 5) is 0. The van der Waals surface area contributed by atoms with Gasteiger partial charge in [-0.2, -0.15) is 4.68 Å². The van der Waals surface area contributed by atoms with E-state index in [1.807, 2.05) is 36.4 Å². The van der Waals surface area contributed by atoms with E-state index in [-0.39, 0.29) is 0 Å². The Hall–Kier alpha value is -2.73. The monoisotopic (exact) mass is 327 g/mol. The number of nitrogens with one attached hydrogen (secondary N) is 1. The van der Waals surface area contributed by atoms with E-state index in [1.165, 1.54) is 10.7 Å². The number of fused-ring (bicyclic) bond motifs is 1. The highest BCUT2D eigenvalue weighted by Crippen LogP contribution is 2.35. The van der Waals surface area contributed by atoms with Gasteiger partial charge in [-0.3, -0.25) is 0 Å². The van der Waals surface area contributed by atoms with E-state index in [0.29, 0.717) is 16.5 Å². The maximum atomic E-state index is 14.3. The van der Waals surface area contributed by atoms with Crippen LogP contribution in [0.15, 0.2) is 54.6 Å². The molecule has 0 fully saturated rings. The topological polar surface area (TPSA) is 55.6 Å².